The number of rotatable bonds is 7. The number of amides is 1. The van der Waals surface area contributed by atoms with Crippen LogP contribution in [0.15, 0.2) is 30.3 Å². The summed E-state index contributed by atoms with van der Waals surface area (Å²) in [5.41, 5.74) is 1.09. The number of hydrogen-bond acceptors (Lipinski definition) is 3. The summed E-state index contributed by atoms with van der Waals surface area (Å²) < 4.78 is 0. The van der Waals surface area contributed by atoms with Crippen LogP contribution in [0.2, 0.25) is 0 Å². The number of hydrogen-bond donors (Lipinski definition) is 2. The zero-order valence-electron chi connectivity index (χ0n) is 13.8. The molecule has 1 aliphatic carbocycles. The van der Waals surface area contributed by atoms with Crippen LogP contribution in [0.1, 0.15) is 50.5 Å². The van der Waals surface area contributed by atoms with Crippen LogP contribution in [0, 0.1) is 0 Å². The minimum atomic E-state index is -0.140. The van der Waals surface area contributed by atoms with Gasteiger partial charge in [0.1, 0.15) is 0 Å². The van der Waals surface area contributed by atoms with E-state index in [0.29, 0.717) is 12.6 Å². The van der Waals surface area contributed by atoms with Gasteiger partial charge >= 0.3 is 0 Å². The molecule has 0 spiro atoms. The molecule has 4 nitrogen and oxygen atoms in total. The molecule has 0 unspecified atom stereocenters. The maximum Gasteiger partial charge on any atom is 0.234 e. The third kappa shape index (κ3) is 3.75. The quantitative estimate of drug-likeness (QED) is 0.812. The van der Waals surface area contributed by atoms with Crippen molar-refractivity contribution in [2.75, 3.05) is 19.7 Å². The zero-order chi connectivity index (χ0) is 16.1. The summed E-state index contributed by atoms with van der Waals surface area (Å²) >= 11 is 0. The number of benzene rings is 1. The fourth-order valence-corrected chi connectivity index (χ4v) is 4.02. The first kappa shape index (κ1) is 16.5. The predicted molar refractivity (Wildman–Crippen MR) is 91.0 cm³/mol. The Labute approximate surface area is 138 Å². The standard InChI is InChI=1S/C19H28N2O2/c22-14-5-10-17-9-4-13-21(17)15-18(23)20-19(11-6-12-19)16-7-2-1-3-8-16/h1-3,7-8,17,22H,4-6,9-15H2,(H,20,23)/t17-/m0/s1. The molecule has 23 heavy (non-hydrogen) atoms. The Balaban J connectivity index is 1.58. The Bertz CT molecular complexity index is 513. The highest BCUT2D eigenvalue weighted by Crippen LogP contribution is 2.41. The van der Waals surface area contributed by atoms with Crippen molar-refractivity contribution >= 4 is 5.91 Å². The van der Waals surface area contributed by atoms with Gasteiger partial charge in [0, 0.05) is 12.6 Å². The lowest BCUT2D eigenvalue weighted by molar-refractivity contribution is -0.125. The molecule has 1 aromatic carbocycles. The summed E-state index contributed by atoms with van der Waals surface area (Å²) in [6.07, 6.45) is 7.39. The number of carbonyl (C=O) groups excluding carboxylic acids is 1. The molecular formula is C19H28N2O2. The van der Waals surface area contributed by atoms with E-state index in [2.05, 4.69) is 22.3 Å². The lowest BCUT2D eigenvalue weighted by Crippen LogP contribution is -2.53. The van der Waals surface area contributed by atoms with E-state index in [1.807, 2.05) is 18.2 Å². The number of likely N-dealkylation sites (tertiary alicyclic amines) is 1. The second-order valence-corrected chi connectivity index (χ2v) is 6.98. The smallest absolute Gasteiger partial charge is 0.234 e. The second-order valence-electron chi connectivity index (χ2n) is 6.98. The third-order valence-electron chi connectivity index (χ3n) is 5.45. The summed E-state index contributed by atoms with van der Waals surface area (Å²) in [4.78, 5) is 14.9. The van der Waals surface area contributed by atoms with Gasteiger partial charge in [-0.15, -0.1) is 0 Å². The molecule has 1 saturated heterocycles. The first-order valence-electron chi connectivity index (χ1n) is 8.95. The van der Waals surface area contributed by atoms with Crippen molar-refractivity contribution in [3.8, 4) is 0 Å². The number of nitrogens with zero attached hydrogens (tertiary/aromatic N) is 1. The van der Waals surface area contributed by atoms with Crippen molar-refractivity contribution < 1.29 is 9.90 Å². The summed E-state index contributed by atoms with van der Waals surface area (Å²) in [6.45, 7) is 1.74. The van der Waals surface area contributed by atoms with Gasteiger partial charge < -0.3 is 10.4 Å². The Morgan fingerprint density at radius 3 is 2.70 bits per heavy atom. The average Bonchev–Trinajstić information content (AvgIpc) is 2.96. The average molecular weight is 316 g/mol. The van der Waals surface area contributed by atoms with Crippen LogP contribution in [0.25, 0.3) is 0 Å². The number of nitrogens with one attached hydrogen (secondary N) is 1. The van der Waals surface area contributed by atoms with Crippen LogP contribution in [-0.2, 0) is 10.3 Å². The molecule has 2 fully saturated rings. The molecule has 1 atom stereocenters. The molecule has 2 aliphatic rings. The fraction of sp³-hybridized carbons (Fsp3) is 0.632. The summed E-state index contributed by atoms with van der Waals surface area (Å²) in [7, 11) is 0. The van der Waals surface area contributed by atoms with Gasteiger partial charge in [-0.2, -0.15) is 0 Å². The van der Waals surface area contributed by atoms with Crippen LogP contribution < -0.4 is 5.32 Å². The molecule has 2 N–H and O–H groups in total. The summed E-state index contributed by atoms with van der Waals surface area (Å²) in [5, 5.41) is 12.3. The highest BCUT2D eigenvalue weighted by atomic mass is 16.3. The number of carbonyl (C=O) groups is 1. The molecular weight excluding hydrogens is 288 g/mol. The van der Waals surface area contributed by atoms with E-state index in [4.69, 9.17) is 5.11 Å². The maximum atomic E-state index is 12.6. The van der Waals surface area contributed by atoms with Crippen LogP contribution in [0.4, 0.5) is 0 Å². The van der Waals surface area contributed by atoms with Crippen molar-refractivity contribution in [3.05, 3.63) is 35.9 Å². The predicted octanol–water partition coefficient (Wildman–Crippen LogP) is 2.42. The SMILES string of the molecule is O=C(CN1CCC[C@H]1CCCO)NC1(c2ccccc2)CCC1. The van der Waals surface area contributed by atoms with Crippen molar-refractivity contribution in [1.29, 1.82) is 0 Å². The Morgan fingerprint density at radius 2 is 2.04 bits per heavy atom. The van der Waals surface area contributed by atoms with E-state index in [0.717, 1.165) is 45.1 Å². The molecule has 3 rings (SSSR count). The molecule has 4 heteroatoms. The van der Waals surface area contributed by atoms with Crippen LogP contribution >= 0.6 is 0 Å². The van der Waals surface area contributed by atoms with Crippen molar-refractivity contribution in [3.63, 3.8) is 0 Å². The first-order valence-corrected chi connectivity index (χ1v) is 8.95. The molecule has 0 radical (unpaired) electrons. The van der Waals surface area contributed by atoms with E-state index in [9.17, 15) is 4.79 Å². The lowest BCUT2D eigenvalue weighted by atomic mass is 9.72. The zero-order valence-corrected chi connectivity index (χ0v) is 13.8. The van der Waals surface area contributed by atoms with Gasteiger partial charge in [0.2, 0.25) is 5.91 Å². The van der Waals surface area contributed by atoms with E-state index in [1.54, 1.807) is 0 Å². The minimum absolute atomic E-state index is 0.140. The van der Waals surface area contributed by atoms with E-state index in [1.165, 1.54) is 12.0 Å². The molecule has 1 saturated carbocycles. The first-order chi connectivity index (χ1) is 11.2. The Hall–Kier alpha value is -1.39. The van der Waals surface area contributed by atoms with Gasteiger partial charge in [-0.25, -0.2) is 0 Å². The van der Waals surface area contributed by atoms with Crippen LogP contribution in [0.3, 0.4) is 0 Å². The van der Waals surface area contributed by atoms with Gasteiger partial charge in [-0.05, 0) is 57.1 Å². The second kappa shape index (κ2) is 7.45. The molecule has 1 heterocycles. The van der Waals surface area contributed by atoms with Gasteiger partial charge in [-0.3, -0.25) is 9.69 Å². The van der Waals surface area contributed by atoms with Gasteiger partial charge in [-0.1, -0.05) is 30.3 Å². The van der Waals surface area contributed by atoms with Gasteiger partial charge in [0.05, 0.1) is 12.1 Å². The minimum Gasteiger partial charge on any atom is -0.396 e. The highest BCUT2D eigenvalue weighted by molar-refractivity contribution is 5.79. The largest absolute Gasteiger partial charge is 0.396 e. The maximum absolute atomic E-state index is 12.6. The molecule has 0 aromatic heterocycles. The normalized spacial score (nSPS) is 23.4. The number of aliphatic hydroxyl groups is 1. The molecule has 1 aliphatic heterocycles. The van der Waals surface area contributed by atoms with Crippen molar-refractivity contribution in [2.45, 2.75) is 56.5 Å². The summed E-state index contributed by atoms with van der Waals surface area (Å²) in [6, 6.07) is 10.8. The van der Waals surface area contributed by atoms with E-state index < -0.39 is 0 Å². The van der Waals surface area contributed by atoms with Crippen LogP contribution in [-0.4, -0.2) is 41.7 Å². The topological polar surface area (TPSA) is 52.6 Å². The van der Waals surface area contributed by atoms with Gasteiger partial charge in [0.15, 0.2) is 0 Å². The Morgan fingerprint density at radius 1 is 1.26 bits per heavy atom. The fourth-order valence-electron chi connectivity index (χ4n) is 4.02. The lowest BCUT2D eigenvalue weighted by Gasteiger charge is -2.43. The molecule has 1 aromatic rings. The highest BCUT2D eigenvalue weighted by Gasteiger charge is 2.40. The Kier molecular flexibility index (Phi) is 5.34. The summed E-state index contributed by atoms with van der Waals surface area (Å²) in [5.74, 6) is 0.143. The molecule has 0 bridgehead atoms. The van der Waals surface area contributed by atoms with Gasteiger partial charge in [0.25, 0.3) is 0 Å². The van der Waals surface area contributed by atoms with Crippen LogP contribution in [0.5, 0.6) is 0 Å². The van der Waals surface area contributed by atoms with E-state index >= 15 is 0 Å². The van der Waals surface area contributed by atoms with E-state index in [-0.39, 0.29) is 18.1 Å². The third-order valence-corrected chi connectivity index (χ3v) is 5.45. The molecule has 1 amide bonds. The monoisotopic (exact) mass is 316 g/mol. The molecule has 126 valence electrons. The van der Waals surface area contributed by atoms with Crippen molar-refractivity contribution in [2.24, 2.45) is 0 Å². The van der Waals surface area contributed by atoms with Crippen molar-refractivity contribution in [1.82, 2.24) is 10.2 Å². The number of aliphatic hydroxyl groups excluding tert-OH is 1.